The number of methoxy groups -OCH3 is 2. The Morgan fingerprint density at radius 1 is 1.06 bits per heavy atom. The van der Waals surface area contributed by atoms with Crippen LogP contribution in [0.25, 0.3) is 16.9 Å². The van der Waals surface area contributed by atoms with Gasteiger partial charge in [-0.25, -0.2) is 9.36 Å². The first-order chi connectivity index (χ1) is 15.6. The Kier molecular flexibility index (Phi) is 6.51. The lowest BCUT2D eigenvalue weighted by molar-refractivity contribution is 0.355. The van der Waals surface area contributed by atoms with E-state index in [1.165, 1.54) is 0 Å². The maximum Gasteiger partial charge on any atom is 0.205 e. The molecule has 0 saturated heterocycles. The van der Waals surface area contributed by atoms with E-state index < -0.39 is 0 Å². The van der Waals surface area contributed by atoms with Crippen LogP contribution in [0.5, 0.6) is 11.5 Å². The molecule has 2 aromatic heterocycles. The fourth-order valence-electron chi connectivity index (χ4n) is 3.29. The predicted octanol–water partition coefficient (Wildman–Crippen LogP) is 4.53. The molecule has 0 aliphatic heterocycles. The zero-order valence-corrected chi connectivity index (χ0v) is 19.3. The minimum Gasteiger partial charge on any atom is -0.493 e. The molecule has 0 spiro atoms. The molecule has 0 fully saturated rings. The number of aromatic nitrogens is 3. The van der Waals surface area contributed by atoms with Gasteiger partial charge < -0.3 is 9.47 Å². The summed E-state index contributed by atoms with van der Waals surface area (Å²) in [7, 11) is 3.25. The third-order valence-electron chi connectivity index (χ3n) is 4.88. The standard InChI is InChI=1S/C24H25N5O2S/c1-5-25-24-29(17(2)16-32-24)26-14-19-15-28(20-9-7-6-8-10-20)27-23(19)18-11-12-21(30-3)22(13-18)31-4/h6-16H,5H2,1-4H3/b25-24?,26-14-. The summed E-state index contributed by atoms with van der Waals surface area (Å²) in [6.07, 6.45) is 3.80. The fraction of sp³-hybridized carbons (Fsp3) is 0.208. The highest BCUT2D eigenvalue weighted by atomic mass is 32.1. The first-order valence-corrected chi connectivity index (χ1v) is 11.1. The van der Waals surface area contributed by atoms with Gasteiger partial charge in [0.25, 0.3) is 0 Å². The monoisotopic (exact) mass is 447 g/mol. The van der Waals surface area contributed by atoms with Crippen LogP contribution in [0.15, 0.2) is 70.2 Å². The number of benzene rings is 2. The molecular formula is C24H25N5O2S. The van der Waals surface area contributed by atoms with Crippen molar-refractivity contribution in [1.82, 2.24) is 14.5 Å². The third kappa shape index (κ3) is 4.36. The highest BCUT2D eigenvalue weighted by Crippen LogP contribution is 2.33. The quantitative estimate of drug-likeness (QED) is 0.391. The van der Waals surface area contributed by atoms with Gasteiger partial charge in [0.2, 0.25) is 4.80 Å². The van der Waals surface area contributed by atoms with E-state index in [0.717, 1.165) is 33.0 Å². The second-order valence-electron chi connectivity index (χ2n) is 6.97. The summed E-state index contributed by atoms with van der Waals surface area (Å²) in [4.78, 5) is 5.40. The molecule has 4 rings (SSSR count). The highest BCUT2D eigenvalue weighted by Gasteiger charge is 2.14. The Morgan fingerprint density at radius 3 is 2.56 bits per heavy atom. The van der Waals surface area contributed by atoms with Gasteiger partial charge in [0.1, 0.15) is 5.69 Å². The topological polar surface area (TPSA) is 65.9 Å². The minimum absolute atomic E-state index is 0.647. The van der Waals surface area contributed by atoms with E-state index in [2.05, 4.69) is 10.4 Å². The molecule has 0 saturated carbocycles. The van der Waals surface area contributed by atoms with Crippen LogP contribution in [0.3, 0.4) is 0 Å². The molecule has 4 aromatic rings. The van der Waals surface area contributed by atoms with Gasteiger partial charge in [0.15, 0.2) is 11.5 Å². The summed E-state index contributed by atoms with van der Waals surface area (Å²) in [5, 5.41) is 11.6. The Hall–Kier alpha value is -3.65. The van der Waals surface area contributed by atoms with Crippen molar-refractivity contribution in [2.24, 2.45) is 10.1 Å². The lowest BCUT2D eigenvalue weighted by atomic mass is 10.1. The maximum absolute atomic E-state index is 5.50. The molecule has 8 heteroatoms. The van der Waals surface area contributed by atoms with Crippen molar-refractivity contribution in [1.29, 1.82) is 0 Å². The fourth-order valence-corrected chi connectivity index (χ4v) is 4.16. The van der Waals surface area contributed by atoms with Crippen LogP contribution in [-0.2, 0) is 0 Å². The largest absolute Gasteiger partial charge is 0.493 e. The van der Waals surface area contributed by atoms with Crippen molar-refractivity contribution < 1.29 is 9.47 Å². The van der Waals surface area contributed by atoms with Gasteiger partial charge >= 0.3 is 0 Å². The second kappa shape index (κ2) is 9.65. The number of thiazole rings is 1. The molecule has 0 aliphatic carbocycles. The molecule has 0 atom stereocenters. The van der Waals surface area contributed by atoms with Crippen molar-refractivity contribution in [2.75, 3.05) is 20.8 Å². The van der Waals surface area contributed by atoms with Crippen molar-refractivity contribution in [3.63, 3.8) is 0 Å². The molecule has 0 N–H and O–H groups in total. The molecule has 0 aliphatic rings. The summed E-state index contributed by atoms with van der Waals surface area (Å²) in [6, 6.07) is 15.8. The molecule has 0 unspecified atom stereocenters. The van der Waals surface area contributed by atoms with E-state index >= 15 is 0 Å². The van der Waals surface area contributed by atoms with Crippen LogP contribution in [0.1, 0.15) is 18.2 Å². The van der Waals surface area contributed by atoms with E-state index in [9.17, 15) is 0 Å². The summed E-state index contributed by atoms with van der Waals surface area (Å²) >= 11 is 1.58. The van der Waals surface area contributed by atoms with Crippen LogP contribution in [-0.4, -0.2) is 41.4 Å². The van der Waals surface area contributed by atoms with Crippen LogP contribution in [0.4, 0.5) is 0 Å². The van der Waals surface area contributed by atoms with Crippen molar-refractivity contribution >= 4 is 17.6 Å². The van der Waals surface area contributed by atoms with Crippen molar-refractivity contribution in [3.05, 3.63) is 76.2 Å². The van der Waals surface area contributed by atoms with Crippen LogP contribution in [0, 0.1) is 6.92 Å². The van der Waals surface area contributed by atoms with Crippen molar-refractivity contribution in [3.8, 4) is 28.4 Å². The Bertz CT molecular complexity index is 1300. The van der Waals surface area contributed by atoms with Gasteiger partial charge in [0, 0.05) is 29.2 Å². The molecule has 0 bridgehead atoms. The molecule has 7 nitrogen and oxygen atoms in total. The smallest absolute Gasteiger partial charge is 0.205 e. The zero-order valence-electron chi connectivity index (χ0n) is 18.5. The van der Waals surface area contributed by atoms with Gasteiger partial charge in [-0.2, -0.15) is 10.2 Å². The van der Waals surface area contributed by atoms with Crippen molar-refractivity contribution in [2.45, 2.75) is 13.8 Å². The van der Waals surface area contributed by atoms with E-state index in [-0.39, 0.29) is 0 Å². The van der Waals surface area contributed by atoms with E-state index in [1.807, 2.05) is 84.1 Å². The van der Waals surface area contributed by atoms with Crippen LogP contribution < -0.4 is 14.3 Å². The molecule has 2 aromatic carbocycles. The van der Waals surface area contributed by atoms with Gasteiger partial charge in [-0.05, 0) is 44.2 Å². The van der Waals surface area contributed by atoms with Crippen LogP contribution >= 0.6 is 11.3 Å². The van der Waals surface area contributed by atoms with Crippen LogP contribution in [0.2, 0.25) is 0 Å². The summed E-state index contributed by atoms with van der Waals surface area (Å²) in [5.74, 6) is 1.32. The summed E-state index contributed by atoms with van der Waals surface area (Å²) in [6.45, 7) is 4.74. The first-order valence-electron chi connectivity index (χ1n) is 10.2. The highest BCUT2D eigenvalue weighted by molar-refractivity contribution is 7.07. The first kappa shape index (κ1) is 21.6. The van der Waals surface area contributed by atoms with Gasteiger partial charge in [-0.15, -0.1) is 11.3 Å². The number of aryl methyl sites for hydroxylation is 1. The average molecular weight is 448 g/mol. The lowest BCUT2D eigenvalue weighted by Gasteiger charge is -2.09. The Balaban J connectivity index is 1.84. The zero-order chi connectivity index (χ0) is 22.5. The van der Waals surface area contributed by atoms with Gasteiger partial charge in [0.05, 0.1) is 31.8 Å². The molecule has 0 radical (unpaired) electrons. The summed E-state index contributed by atoms with van der Waals surface area (Å²) in [5.41, 5.74) is 4.57. The normalized spacial score (nSPS) is 11.9. The number of para-hydroxylation sites is 1. The molecule has 164 valence electrons. The minimum atomic E-state index is 0.647. The van der Waals surface area contributed by atoms with Gasteiger partial charge in [-0.3, -0.25) is 4.99 Å². The molecular weight excluding hydrogens is 422 g/mol. The molecule has 32 heavy (non-hydrogen) atoms. The number of hydrogen-bond donors (Lipinski definition) is 0. The predicted molar refractivity (Wildman–Crippen MR) is 128 cm³/mol. The second-order valence-corrected chi connectivity index (χ2v) is 7.81. The number of rotatable bonds is 7. The maximum atomic E-state index is 5.50. The van der Waals surface area contributed by atoms with E-state index in [4.69, 9.17) is 19.7 Å². The van der Waals surface area contributed by atoms with E-state index in [1.54, 1.807) is 25.6 Å². The summed E-state index contributed by atoms with van der Waals surface area (Å²) < 4.78 is 14.6. The Morgan fingerprint density at radius 2 is 1.84 bits per heavy atom. The number of ether oxygens (including phenoxy) is 2. The van der Waals surface area contributed by atoms with E-state index in [0.29, 0.717) is 18.0 Å². The third-order valence-corrected chi connectivity index (χ3v) is 5.85. The molecule has 0 amide bonds. The van der Waals surface area contributed by atoms with Gasteiger partial charge in [-0.1, -0.05) is 18.2 Å². The lowest BCUT2D eigenvalue weighted by Crippen LogP contribution is -2.12. The number of nitrogens with zero attached hydrogens (tertiary/aromatic N) is 5. The SMILES string of the molecule is CCN=c1scc(C)n1/N=C\c1cn(-c2ccccc2)nc1-c1ccc(OC)c(OC)c1. The average Bonchev–Trinajstić information content (AvgIpc) is 3.41. The molecule has 2 heterocycles. The number of hydrogen-bond acceptors (Lipinski definition) is 6. The Labute approximate surface area is 190 Å².